The fourth-order valence-electron chi connectivity index (χ4n) is 3.61. The van der Waals surface area contributed by atoms with Gasteiger partial charge >= 0.3 is 11.8 Å². The van der Waals surface area contributed by atoms with Gasteiger partial charge in [-0.1, -0.05) is 66.7 Å². The summed E-state index contributed by atoms with van der Waals surface area (Å²) in [5.41, 5.74) is 1.91. The van der Waals surface area contributed by atoms with Crippen molar-refractivity contribution < 1.29 is 22.8 Å². The molecule has 0 aliphatic heterocycles. The van der Waals surface area contributed by atoms with Crippen molar-refractivity contribution in [3.63, 3.8) is 0 Å². The molecule has 0 radical (unpaired) electrons. The third kappa shape index (κ3) is 7.00. The van der Waals surface area contributed by atoms with Crippen molar-refractivity contribution >= 4 is 38.5 Å². The van der Waals surface area contributed by atoms with Gasteiger partial charge in [0.2, 0.25) is 10.0 Å². The van der Waals surface area contributed by atoms with E-state index < -0.39 is 21.8 Å². The molecule has 0 saturated carbocycles. The lowest BCUT2D eigenvalue weighted by Crippen LogP contribution is -2.40. The highest BCUT2D eigenvalue weighted by atomic mass is 32.2. The fourth-order valence-corrected chi connectivity index (χ4v) is 4.09. The van der Waals surface area contributed by atoms with E-state index in [0.717, 1.165) is 21.7 Å². The first-order valence-corrected chi connectivity index (χ1v) is 12.8. The van der Waals surface area contributed by atoms with Crippen molar-refractivity contribution in [3.8, 4) is 0 Å². The smallest absolute Gasteiger partial charge is 0.309 e. The second-order valence-corrected chi connectivity index (χ2v) is 9.70. The predicted octanol–water partition coefficient (Wildman–Crippen LogP) is 2.13. The molecule has 0 aliphatic carbocycles. The maximum atomic E-state index is 13.1. The Balaban J connectivity index is 1.61. The number of sulfonamides is 1. The van der Waals surface area contributed by atoms with Gasteiger partial charge in [0, 0.05) is 24.1 Å². The highest BCUT2D eigenvalue weighted by Crippen LogP contribution is 2.24. The molecule has 0 bridgehead atoms. The van der Waals surface area contributed by atoms with Crippen molar-refractivity contribution in [3.05, 3.63) is 94.9 Å². The van der Waals surface area contributed by atoms with Crippen LogP contribution >= 0.6 is 0 Å². The Morgan fingerprint density at radius 2 is 1.56 bits per heavy atom. The van der Waals surface area contributed by atoms with E-state index in [-0.39, 0.29) is 25.0 Å². The largest absolute Gasteiger partial charge is 0.345 e. The molecule has 0 saturated heterocycles. The van der Waals surface area contributed by atoms with Gasteiger partial charge in [0.25, 0.3) is 5.91 Å². The summed E-state index contributed by atoms with van der Waals surface area (Å²) in [4.78, 5) is 37.2. The summed E-state index contributed by atoms with van der Waals surface area (Å²) in [5.74, 6) is -2.13. The highest BCUT2D eigenvalue weighted by Gasteiger charge is 2.18. The van der Waals surface area contributed by atoms with Crippen LogP contribution in [0.4, 0.5) is 0 Å². The number of hydrogen-bond donors (Lipinski definition) is 4. The van der Waals surface area contributed by atoms with E-state index in [1.807, 2.05) is 49.4 Å². The summed E-state index contributed by atoms with van der Waals surface area (Å²) in [5, 5.41) is 10.8. The topological polar surface area (TPSA) is 133 Å². The van der Waals surface area contributed by atoms with Gasteiger partial charge in [-0.3, -0.25) is 14.4 Å². The Kier molecular flexibility index (Phi) is 8.93. The molecule has 0 spiro atoms. The lowest BCUT2D eigenvalue weighted by atomic mass is 9.99. The number of carbonyl (C=O) groups excluding carboxylic acids is 3. The lowest BCUT2D eigenvalue weighted by molar-refractivity contribution is -0.139. The quantitative estimate of drug-likeness (QED) is 0.329. The molecule has 9 nitrogen and oxygen atoms in total. The second kappa shape index (κ2) is 12.1. The molecular weight excluding hydrogens is 480 g/mol. The van der Waals surface area contributed by atoms with E-state index in [4.69, 9.17) is 0 Å². The van der Waals surface area contributed by atoms with Crippen LogP contribution in [0.15, 0.2) is 78.2 Å². The van der Waals surface area contributed by atoms with E-state index in [9.17, 15) is 22.8 Å². The lowest BCUT2D eigenvalue weighted by Gasteiger charge is -2.18. The van der Waals surface area contributed by atoms with Gasteiger partial charge in [-0.25, -0.2) is 13.1 Å². The highest BCUT2D eigenvalue weighted by molar-refractivity contribution is 7.92. The van der Waals surface area contributed by atoms with Crippen LogP contribution in [0.2, 0.25) is 0 Å². The van der Waals surface area contributed by atoms with Crippen LogP contribution < -0.4 is 20.7 Å². The number of amides is 3. The zero-order valence-corrected chi connectivity index (χ0v) is 20.8. The third-order valence-electron chi connectivity index (χ3n) is 5.49. The molecule has 3 rings (SSSR count). The standard InChI is InChI=1S/C26H28N4O5S/c1-18(21-14-7-11-19-9-3-5-12-22(19)21)30-24(31)23-13-6-4-10-20(23)17-29-26(33)25(32)28-15-8-16-36(34,35)27-2/h3-14,16,18,27H,15,17H2,1-2H3,(H,28,32)(H,29,33)(H,30,31)/b16-8+/t18-/m1/s1. The molecule has 0 aromatic heterocycles. The number of benzene rings is 3. The molecule has 36 heavy (non-hydrogen) atoms. The zero-order valence-electron chi connectivity index (χ0n) is 19.9. The first kappa shape index (κ1) is 26.6. The predicted molar refractivity (Wildman–Crippen MR) is 138 cm³/mol. The number of fused-ring (bicyclic) bond motifs is 1. The van der Waals surface area contributed by atoms with Crippen molar-refractivity contribution in [2.45, 2.75) is 19.5 Å². The number of hydrogen-bond acceptors (Lipinski definition) is 5. The number of carbonyl (C=O) groups is 3. The van der Waals surface area contributed by atoms with Crippen LogP contribution in [-0.2, 0) is 26.2 Å². The van der Waals surface area contributed by atoms with Crippen LogP contribution in [0, 0.1) is 0 Å². The molecule has 0 unspecified atom stereocenters. The van der Waals surface area contributed by atoms with Gasteiger partial charge in [0.15, 0.2) is 0 Å². The molecule has 10 heteroatoms. The molecule has 0 heterocycles. The molecule has 1 atom stereocenters. The maximum Gasteiger partial charge on any atom is 0.309 e. The minimum absolute atomic E-state index is 0.0392. The van der Waals surface area contributed by atoms with Gasteiger partial charge in [-0.2, -0.15) is 0 Å². The van der Waals surface area contributed by atoms with E-state index in [0.29, 0.717) is 11.1 Å². The molecule has 3 aromatic carbocycles. The molecule has 3 aromatic rings. The van der Waals surface area contributed by atoms with Crippen molar-refractivity contribution in [1.29, 1.82) is 0 Å². The summed E-state index contributed by atoms with van der Waals surface area (Å²) >= 11 is 0. The van der Waals surface area contributed by atoms with Gasteiger partial charge in [-0.15, -0.1) is 0 Å². The molecule has 0 aliphatic rings. The minimum Gasteiger partial charge on any atom is -0.345 e. The number of nitrogens with one attached hydrogen (secondary N) is 4. The second-order valence-electron chi connectivity index (χ2n) is 7.93. The van der Waals surface area contributed by atoms with Crippen LogP contribution in [0.5, 0.6) is 0 Å². The van der Waals surface area contributed by atoms with E-state index in [1.165, 1.54) is 13.1 Å². The van der Waals surface area contributed by atoms with Crippen LogP contribution in [-0.4, -0.2) is 39.7 Å². The summed E-state index contributed by atoms with van der Waals surface area (Å²) in [6, 6.07) is 20.4. The molecule has 3 amide bonds. The van der Waals surface area contributed by atoms with Crippen molar-refractivity contribution in [2.24, 2.45) is 0 Å². The molecule has 4 N–H and O–H groups in total. The zero-order chi connectivity index (χ0) is 26.1. The normalized spacial score (nSPS) is 12.3. The summed E-state index contributed by atoms with van der Waals surface area (Å²) < 4.78 is 24.7. The Hall–Kier alpha value is -4.02. The van der Waals surface area contributed by atoms with Gasteiger partial charge in [-0.05, 0) is 41.9 Å². The fraction of sp³-hybridized carbons (Fsp3) is 0.192. The first-order chi connectivity index (χ1) is 17.2. The Labute approximate surface area is 210 Å². The summed E-state index contributed by atoms with van der Waals surface area (Å²) in [7, 11) is -2.30. The molecule has 0 fully saturated rings. The van der Waals surface area contributed by atoms with E-state index in [2.05, 4.69) is 20.7 Å². The Bertz CT molecular complexity index is 1400. The van der Waals surface area contributed by atoms with E-state index >= 15 is 0 Å². The van der Waals surface area contributed by atoms with Crippen molar-refractivity contribution in [2.75, 3.05) is 13.6 Å². The van der Waals surface area contributed by atoms with Crippen molar-refractivity contribution in [1.82, 2.24) is 20.7 Å². The Morgan fingerprint density at radius 3 is 2.33 bits per heavy atom. The SMILES string of the molecule is CNS(=O)(=O)/C=C/CNC(=O)C(=O)NCc1ccccc1C(=O)N[C@H](C)c1cccc2ccccc12. The average Bonchev–Trinajstić information content (AvgIpc) is 2.89. The first-order valence-electron chi connectivity index (χ1n) is 11.2. The van der Waals surface area contributed by atoms with Crippen LogP contribution in [0.25, 0.3) is 10.8 Å². The molecular formula is C26H28N4O5S. The monoisotopic (exact) mass is 508 g/mol. The molecule has 188 valence electrons. The summed E-state index contributed by atoms with van der Waals surface area (Å²) in [6.45, 7) is 1.73. The van der Waals surface area contributed by atoms with Crippen LogP contribution in [0.3, 0.4) is 0 Å². The average molecular weight is 509 g/mol. The number of rotatable bonds is 9. The third-order valence-corrected chi connectivity index (χ3v) is 6.61. The maximum absolute atomic E-state index is 13.1. The Morgan fingerprint density at radius 1 is 0.889 bits per heavy atom. The van der Waals surface area contributed by atoms with Crippen LogP contribution in [0.1, 0.15) is 34.5 Å². The van der Waals surface area contributed by atoms with Gasteiger partial charge < -0.3 is 16.0 Å². The summed E-state index contributed by atoms with van der Waals surface area (Å²) in [6.07, 6.45) is 1.20. The van der Waals surface area contributed by atoms with E-state index in [1.54, 1.807) is 24.3 Å². The minimum atomic E-state index is -3.55. The van der Waals surface area contributed by atoms with Gasteiger partial charge in [0.05, 0.1) is 6.04 Å². The van der Waals surface area contributed by atoms with Gasteiger partial charge in [0.1, 0.15) is 0 Å².